The molecule has 26 heavy (non-hydrogen) atoms. The average molecular weight is 353 g/mol. The van der Waals surface area contributed by atoms with Crippen LogP contribution in [0.4, 0.5) is 5.95 Å². The van der Waals surface area contributed by atoms with E-state index in [9.17, 15) is 4.79 Å². The van der Waals surface area contributed by atoms with Gasteiger partial charge in [-0.25, -0.2) is 4.98 Å². The van der Waals surface area contributed by atoms with E-state index < -0.39 is 0 Å². The molecule has 3 heterocycles. The van der Waals surface area contributed by atoms with Crippen molar-refractivity contribution >= 4 is 22.9 Å². The van der Waals surface area contributed by atoms with Crippen LogP contribution < -0.4 is 10.1 Å². The second-order valence-corrected chi connectivity index (χ2v) is 7.03. The molecule has 1 aromatic carbocycles. The Hall–Kier alpha value is -2.83. The summed E-state index contributed by atoms with van der Waals surface area (Å²) in [4.78, 5) is 17.5. The first-order valence-electron chi connectivity index (χ1n) is 8.95. The van der Waals surface area contributed by atoms with E-state index in [1.54, 1.807) is 10.7 Å². The van der Waals surface area contributed by atoms with Gasteiger partial charge in [0.2, 0.25) is 5.95 Å². The third-order valence-corrected chi connectivity index (χ3v) is 4.63. The van der Waals surface area contributed by atoms with Gasteiger partial charge in [-0.1, -0.05) is 6.92 Å². The molecule has 0 spiro atoms. The van der Waals surface area contributed by atoms with E-state index >= 15 is 0 Å². The van der Waals surface area contributed by atoms with Gasteiger partial charge in [0.15, 0.2) is 0 Å². The van der Waals surface area contributed by atoms with Gasteiger partial charge in [0.25, 0.3) is 5.91 Å². The smallest absolute Gasteiger partial charge is 0.276 e. The predicted molar refractivity (Wildman–Crippen MR) is 99.7 cm³/mol. The van der Waals surface area contributed by atoms with Gasteiger partial charge in [0.05, 0.1) is 17.8 Å². The van der Waals surface area contributed by atoms with Crippen molar-refractivity contribution in [2.24, 2.45) is 5.92 Å². The van der Waals surface area contributed by atoms with Gasteiger partial charge in [-0.3, -0.25) is 14.8 Å². The number of aromatic nitrogens is 4. The summed E-state index contributed by atoms with van der Waals surface area (Å²) in [6.07, 6.45) is 0. The third kappa shape index (κ3) is 2.73. The quantitative estimate of drug-likeness (QED) is 0.785. The second-order valence-electron chi connectivity index (χ2n) is 7.03. The molecule has 1 N–H and O–H groups in total. The highest BCUT2D eigenvalue weighted by molar-refractivity contribution is 6.03. The first-order valence-corrected chi connectivity index (χ1v) is 8.95. The largest absolute Gasteiger partial charge is 0.491 e. The molecule has 0 bridgehead atoms. The Bertz CT molecular complexity index is 1000. The Labute approximate surface area is 152 Å². The number of nitrogens with zero attached hydrogens (tertiary/aromatic N) is 4. The number of nitrogens with one attached hydrogen (secondary N) is 1. The minimum absolute atomic E-state index is 0.199. The standard InChI is InChI=1S/C19H23N5O2/c1-5-24-15(8-13(4)22-24)18(25)21-19-20-14-6-11(2)7-16-17(14)23(19)9-12(3)10-26-16/h6-8,12H,5,9-10H2,1-4H3,(H,20,21,25). The Morgan fingerprint density at radius 3 is 2.92 bits per heavy atom. The SMILES string of the molecule is CCn1nc(C)cc1C(=O)Nc1nc2cc(C)cc3c2n1CC(C)CO3. The van der Waals surface area contributed by atoms with Gasteiger partial charge < -0.3 is 9.30 Å². The highest BCUT2D eigenvalue weighted by Crippen LogP contribution is 2.33. The zero-order valence-corrected chi connectivity index (χ0v) is 15.5. The maximum absolute atomic E-state index is 12.8. The lowest BCUT2D eigenvalue weighted by Crippen LogP contribution is -2.21. The van der Waals surface area contributed by atoms with Gasteiger partial charge in [-0.2, -0.15) is 5.10 Å². The molecule has 1 atom stereocenters. The van der Waals surface area contributed by atoms with Crippen molar-refractivity contribution in [3.63, 3.8) is 0 Å². The molecule has 0 saturated carbocycles. The Morgan fingerprint density at radius 1 is 1.35 bits per heavy atom. The van der Waals surface area contributed by atoms with Crippen LogP contribution in [0.2, 0.25) is 0 Å². The molecular formula is C19H23N5O2. The first kappa shape index (κ1) is 16.6. The van der Waals surface area contributed by atoms with Crippen LogP contribution in [0.3, 0.4) is 0 Å². The number of aryl methyl sites for hydroxylation is 3. The van der Waals surface area contributed by atoms with Gasteiger partial charge in [0.1, 0.15) is 17.0 Å². The molecule has 1 aliphatic rings. The molecule has 0 radical (unpaired) electrons. The first-order chi connectivity index (χ1) is 12.5. The Morgan fingerprint density at radius 2 is 2.15 bits per heavy atom. The van der Waals surface area contributed by atoms with E-state index in [1.807, 2.05) is 32.9 Å². The molecule has 3 aromatic rings. The van der Waals surface area contributed by atoms with Gasteiger partial charge in [0, 0.05) is 19.0 Å². The monoisotopic (exact) mass is 353 g/mol. The van der Waals surface area contributed by atoms with Gasteiger partial charge in [-0.05, 0) is 44.5 Å². The Kier molecular flexibility index (Phi) is 3.94. The van der Waals surface area contributed by atoms with E-state index in [4.69, 9.17) is 4.74 Å². The molecular weight excluding hydrogens is 330 g/mol. The van der Waals surface area contributed by atoms with Crippen molar-refractivity contribution in [3.8, 4) is 5.75 Å². The highest BCUT2D eigenvalue weighted by Gasteiger charge is 2.23. The fourth-order valence-corrected chi connectivity index (χ4v) is 3.48. The molecule has 136 valence electrons. The lowest BCUT2D eigenvalue weighted by molar-refractivity contribution is 0.101. The molecule has 0 fully saturated rings. The molecule has 1 unspecified atom stereocenters. The predicted octanol–water partition coefficient (Wildman–Crippen LogP) is 3.15. The number of anilines is 1. The summed E-state index contributed by atoms with van der Waals surface area (Å²) < 4.78 is 9.73. The number of hydrogen-bond acceptors (Lipinski definition) is 4. The fourth-order valence-electron chi connectivity index (χ4n) is 3.48. The van der Waals surface area contributed by atoms with Crippen molar-refractivity contribution in [2.45, 2.75) is 40.8 Å². The van der Waals surface area contributed by atoms with Crippen LogP contribution >= 0.6 is 0 Å². The van der Waals surface area contributed by atoms with E-state index in [1.165, 1.54) is 0 Å². The molecule has 7 heteroatoms. The number of ether oxygens (including phenoxy) is 1. The zero-order valence-electron chi connectivity index (χ0n) is 15.5. The summed E-state index contributed by atoms with van der Waals surface area (Å²) in [6.45, 7) is 10.0. The molecule has 1 aliphatic heterocycles. The normalized spacial score (nSPS) is 16.4. The minimum atomic E-state index is -0.199. The summed E-state index contributed by atoms with van der Waals surface area (Å²) >= 11 is 0. The molecule has 0 saturated heterocycles. The van der Waals surface area contributed by atoms with Crippen molar-refractivity contribution in [1.29, 1.82) is 0 Å². The summed E-state index contributed by atoms with van der Waals surface area (Å²) in [7, 11) is 0. The van der Waals surface area contributed by atoms with E-state index in [0.717, 1.165) is 34.6 Å². The number of hydrogen-bond donors (Lipinski definition) is 1. The van der Waals surface area contributed by atoms with Crippen molar-refractivity contribution < 1.29 is 9.53 Å². The molecule has 4 rings (SSSR count). The summed E-state index contributed by atoms with van der Waals surface area (Å²) in [5.41, 5.74) is 4.23. The molecule has 1 amide bonds. The van der Waals surface area contributed by atoms with Crippen molar-refractivity contribution in [3.05, 3.63) is 35.2 Å². The minimum Gasteiger partial charge on any atom is -0.491 e. The number of imidazole rings is 1. The Balaban J connectivity index is 1.78. The number of carbonyl (C=O) groups is 1. The van der Waals surface area contributed by atoms with E-state index in [2.05, 4.69) is 26.9 Å². The second kappa shape index (κ2) is 6.16. The third-order valence-electron chi connectivity index (χ3n) is 4.63. The van der Waals surface area contributed by atoms with Crippen LogP contribution in [0.25, 0.3) is 11.0 Å². The lowest BCUT2D eigenvalue weighted by atomic mass is 10.2. The molecule has 7 nitrogen and oxygen atoms in total. The van der Waals surface area contributed by atoms with E-state index in [-0.39, 0.29) is 5.91 Å². The van der Waals surface area contributed by atoms with Crippen LogP contribution in [0.1, 0.15) is 35.6 Å². The average Bonchev–Trinajstić information content (AvgIpc) is 3.07. The van der Waals surface area contributed by atoms with Crippen LogP contribution in [0.5, 0.6) is 5.75 Å². The topological polar surface area (TPSA) is 74.0 Å². The number of rotatable bonds is 3. The van der Waals surface area contributed by atoms with Crippen LogP contribution in [-0.2, 0) is 13.1 Å². The lowest BCUT2D eigenvalue weighted by Gasteiger charge is -2.12. The van der Waals surface area contributed by atoms with Crippen LogP contribution in [-0.4, -0.2) is 31.8 Å². The summed E-state index contributed by atoms with van der Waals surface area (Å²) in [5.74, 6) is 1.50. The fraction of sp³-hybridized carbons (Fsp3) is 0.421. The summed E-state index contributed by atoms with van der Waals surface area (Å²) in [5, 5.41) is 7.33. The molecule has 2 aromatic heterocycles. The van der Waals surface area contributed by atoms with Crippen molar-refractivity contribution in [2.75, 3.05) is 11.9 Å². The maximum Gasteiger partial charge on any atom is 0.276 e. The van der Waals surface area contributed by atoms with Crippen LogP contribution in [0.15, 0.2) is 18.2 Å². The van der Waals surface area contributed by atoms with E-state index in [0.29, 0.717) is 30.7 Å². The summed E-state index contributed by atoms with van der Waals surface area (Å²) in [6, 6.07) is 5.84. The number of carbonyl (C=O) groups excluding carboxylic acids is 1. The maximum atomic E-state index is 12.8. The molecule has 0 aliphatic carbocycles. The van der Waals surface area contributed by atoms with Crippen molar-refractivity contribution in [1.82, 2.24) is 19.3 Å². The number of benzene rings is 1. The van der Waals surface area contributed by atoms with Gasteiger partial charge >= 0.3 is 0 Å². The number of amides is 1. The van der Waals surface area contributed by atoms with Gasteiger partial charge in [-0.15, -0.1) is 0 Å². The zero-order chi connectivity index (χ0) is 18.4. The highest BCUT2D eigenvalue weighted by atomic mass is 16.5. The van der Waals surface area contributed by atoms with Crippen LogP contribution in [0, 0.1) is 19.8 Å².